The molecule has 2 heterocycles. The molecule has 0 atom stereocenters. The van der Waals surface area contributed by atoms with E-state index in [2.05, 4.69) is 69.5 Å². The zero-order valence-electron chi connectivity index (χ0n) is 16.7. The lowest BCUT2D eigenvalue weighted by Crippen LogP contribution is -2.52. The van der Waals surface area contributed by atoms with Crippen LogP contribution in [0, 0.1) is 0 Å². The lowest BCUT2D eigenvalue weighted by Gasteiger charge is -2.38. The molecule has 27 heavy (non-hydrogen) atoms. The second-order valence-electron chi connectivity index (χ2n) is 7.40. The summed E-state index contributed by atoms with van der Waals surface area (Å²) >= 11 is 2.06. The summed E-state index contributed by atoms with van der Waals surface area (Å²) in [6.45, 7) is 7.13. The van der Waals surface area contributed by atoms with Crippen LogP contribution in [0.1, 0.15) is 32.6 Å². The first-order chi connectivity index (χ1) is 13.2. The summed E-state index contributed by atoms with van der Waals surface area (Å²) in [7, 11) is 1.87. The molecule has 2 N–H and O–H groups in total. The molecule has 1 aromatic rings. The zero-order valence-corrected chi connectivity index (χ0v) is 17.6. The lowest BCUT2D eigenvalue weighted by atomic mass is 9.99. The number of benzene rings is 1. The Hall–Kier alpha value is -1.40. The summed E-state index contributed by atoms with van der Waals surface area (Å²) in [6, 6.07) is 11.2. The van der Waals surface area contributed by atoms with E-state index in [1.807, 2.05) is 7.05 Å². The van der Waals surface area contributed by atoms with Crippen LogP contribution < -0.4 is 15.5 Å². The maximum atomic E-state index is 5.58. The van der Waals surface area contributed by atoms with Gasteiger partial charge < -0.3 is 20.3 Å². The van der Waals surface area contributed by atoms with Crippen LogP contribution in [0.4, 0.5) is 5.69 Å². The fraction of sp³-hybridized carbons (Fsp3) is 0.667. The molecule has 2 aliphatic heterocycles. The Labute approximate surface area is 168 Å². The van der Waals surface area contributed by atoms with Crippen LogP contribution in [-0.4, -0.2) is 62.4 Å². The standard InChI is InChI=1S/C21H34N4OS/c1-3-27-21(11-15-26-16-12-21)17-23-20(22-2)24-18-9-13-25(14-10-18)19-7-5-4-6-8-19/h4-8,18H,3,9-17H2,1-2H3,(H2,22,23,24). The van der Waals surface area contributed by atoms with Gasteiger partial charge in [0.1, 0.15) is 0 Å². The van der Waals surface area contributed by atoms with Crippen LogP contribution in [-0.2, 0) is 4.74 Å². The van der Waals surface area contributed by atoms with Gasteiger partial charge in [-0.15, -0.1) is 0 Å². The van der Waals surface area contributed by atoms with Crippen molar-refractivity contribution in [2.24, 2.45) is 4.99 Å². The third kappa shape index (κ3) is 5.79. The molecule has 0 radical (unpaired) electrons. The van der Waals surface area contributed by atoms with Crippen molar-refractivity contribution in [2.75, 3.05) is 50.5 Å². The van der Waals surface area contributed by atoms with E-state index in [-0.39, 0.29) is 4.75 Å². The Kier molecular flexibility index (Phi) is 7.70. The highest BCUT2D eigenvalue weighted by Gasteiger charge is 2.33. The molecule has 150 valence electrons. The Morgan fingerprint density at radius 3 is 2.56 bits per heavy atom. The molecule has 0 spiro atoms. The van der Waals surface area contributed by atoms with Gasteiger partial charge in [0.25, 0.3) is 0 Å². The second kappa shape index (κ2) is 10.2. The maximum Gasteiger partial charge on any atom is 0.191 e. The molecule has 2 saturated heterocycles. The number of nitrogens with zero attached hydrogens (tertiary/aromatic N) is 2. The molecule has 0 aliphatic carbocycles. The molecule has 3 rings (SSSR count). The monoisotopic (exact) mass is 390 g/mol. The maximum absolute atomic E-state index is 5.58. The van der Waals surface area contributed by atoms with E-state index < -0.39 is 0 Å². The first kappa shape index (κ1) is 20.3. The van der Waals surface area contributed by atoms with Gasteiger partial charge >= 0.3 is 0 Å². The SMILES string of the molecule is CCSC1(CNC(=NC)NC2CCN(c3ccccc3)CC2)CCOCC1. The third-order valence-corrected chi connectivity index (χ3v) is 7.07. The number of hydrogen-bond acceptors (Lipinski definition) is 4. The largest absolute Gasteiger partial charge is 0.381 e. The van der Waals surface area contributed by atoms with E-state index in [0.717, 1.165) is 70.2 Å². The molecule has 0 unspecified atom stereocenters. The molecule has 5 nitrogen and oxygen atoms in total. The average Bonchev–Trinajstić information content (AvgIpc) is 2.73. The molecule has 0 aromatic heterocycles. The van der Waals surface area contributed by atoms with Crippen molar-refractivity contribution in [3.63, 3.8) is 0 Å². The van der Waals surface area contributed by atoms with Crippen LogP contribution >= 0.6 is 11.8 Å². The van der Waals surface area contributed by atoms with Gasteiger partial charge in [0, 0.05) is 56.4 Å². The van der Waals surface area contributed by atoms with Crippen molar-refractivity contribution in [1.82, 2.24) is 10.6 Å². The number of hydrogen-bond donors (Lipinski definition) is 2. The summed E-state index contributed by atoms with van der Waals surface area (Å²) < 4.78 is 5.86. The number of para-hydroxylation sites is 1. The molecule has 1 aromatic carbocycles. The number of aliphatic imine (C=N–C) groups is 1. The number of rotatable bonds is 6. The van der Waals surface area contributed by atoms with E-state index in [1.165, 1.54) is 5.69 Å². The summed E-state index contributed by atoms with van der Waals surface area (Å²) in [5, 5.41) is 7.25. The van der Waals surface area contributed by atoms with Crippen LogP contribution in [0.25, 0.3) is 0 Å². The van der Waals surface area contributed by atoms with E-state index in [0.29, 0.717) is 6.04 Å². The lowest BCUT2D eigenvalue weighted by molar-refractivity contribution is 0.0782. The summed E-state index contributed by atoms with van der Waals surface area (Å²) in [5.41, 5.74) is 1.33. The van der Waals surface area contributed by atoms with Crippen molar-refractivity contribution in [3.8, 4) is 0 Å². The fourth-order valence-electron chi connectivity index (χ4n) is 3.98. The van der Waals surface area contributed by atoms with Gasteiger partial charge in [-0.2, -0.15) is 11.8 Å². The summed E-state index contributed by atoms with van der Waals surface area (Å²) in [4.78, 5) is 6.95. The minimum absolute atomic E-state index is 0.279. The minimum Gasteiger partial charge on any atom is -0.381 e. The summed E-state index contributed by atoms with van der Waals surface area (Å²) in [6.07, 6.45) is 4.51. The van der Waals surface area contributed by atoms with Crippen molar-refractivity contribution in [1.29, 1.82) is 0 Å². The summed E-state index contributed by atoms with van der Waals surface area (Å²) in [5.74, 6) is 2.08. The van der Waals surface area contributed by atoms with Crippen molar-refractivity contribution < 1.29 is 4.74 Å². The van der Waals surface area contributed by atoms with Crippen molar-refractivity contribution in [2.45, 2.75) is 43.4 Å². The molecule has 0 amide bonds. The molecule has 2 aliphatic rings. The van der Waals surface area contributed by atoms with Crippen LogP contribution in [0.3, 0.4) is 0 Å². The number of nitrogens with one attached hydrogen (secondary N) is 2. The first-order valence-corrected chi connectivity index (χ1v) is 11.2. The van der Waals surface area contributed by atoms with E-state index in [1.54, 1.807) is 0 Å². The Morgan fingerprint density at radius 2 is 1.93 bits per heavy atom. The van der Waals surface area contributed by atoms with Gasteiger partial charge in [-0.3, -0.25) is 4.99 Å². The van der Waals surface area contributed by atoms with Crippen LogP contribution in [0.5, 0.6) is 0 Å². The minimum atomic E-state index is 0.279. The number of ether oxygens (including phenoxy) is 1. The third-order valence-electron chi connectivity index (χ3n) is 5.61. The predicted molar refractivity (Wildman–Crippen MR) is 117 cm³/mol. The van der Waals surface area contributed by atoms with E-state index in [4.69, 9.17) is 4.74 Å². The van der Waals surface area contributed by atoms with Gasteiger partial charge in [0.05, 0.1) is 0 Å². The topological polar surface area (TPSA) is 48.9 Å². The molecule has 0 saturated carbocycles. The van der Waals surface area contributed by atoms with Crippen LogP contribution in [0.15, 0.2) is 35.3 Å². The number of piperidine rings is 1. The molecule has 6 heteroatoms. The number of thioether (sulfide) groups is 1. The second-order valence-corrected chi connectivity index (χ2v) is 9.13. The molecular weight excluding hydrogens is 356 g/mol. The highest BCUT2D eigenvalue weighted by atomic mass is 32.2. The highest BCUT2D eigenvalue weighted by molar-refractivity contribution is 8.00. The number of guanidine groups is 1. The Morgan fingerprint density at radius 1 is 1.22 bits per heavy atom. The van der Waals surface area contributed by atoms with Crippen molar-refractivity contribution >= 4 is 23.4 Å². The predicted octanol–water partition coefficient (Wildman–Crippen LogP) is 3.12. The van der Waals surface area contributed by atoms with Gasteiger partial charge in [0.2, 0.25) is 0 Å². The van der Waals surface area contributed by atoms with E-state index >= 15 is 0 Å². The van der Waals surface area contributed by atoms with Gasteiger partial charge in [0.15, 0.2) is 5.96 Å². The average molecular weight is 391 g/mol. The molecule has 0 bridgehead atoms. The zero-order chi connectivity index (χ0) is 19.0. The number of anilines is 1. The van der Waals surface area contributed by atoms with Crippen LogP contribution in [0.2, 0.25) is 0 Å². The molecule has 2 fully saturated rings. The van der Waals surface area contributed by atoms with Gasteiger partial charge in [-0.05, 0) is 43.6 Å². The highest BCUT2D eigenvalue weighted by Crippen LogP contribution is 2.34. The Balaban J connectivity index is 1.46. The first-order valence-electron chi connectivity index (χ1n) is 10.2. The quantitative estimate of drug-likeness (QED) is 0.577. The smallest absolute Gasteiger partial charge is 0.191 e. The molecular formula is C21H34N4OS. The Bertz CT molecular complexity index is 576. The normalized spacial score (nSPS) is 21.1. The fourth-order valence-corrected chi connectivity index (χ4v) is 5.22. The van der Waals surface area contributed by atoms with Crippen molar-refractivity contribution in [3.05, 3.63) is 30.3 Å². The van der Waals surface area contributed by atoms with E-state index in [9.17, 15) is 0 Å². The van der Waals surface area contributed by atoms with Gasteiger partial charge in [-0.25, -0.2) is 0 Å². The van der Waals surface area contributed by atoms with Gasteiger partial charge in [-0.1, -0.05) is 25.1 Å².